The number of rotatable bonds is 3. The molecule has 8 aromatic carbocycles. The second-order valence-corrected chi connectivity index (χ2v) is 14.3. The molecule has 1 spiro atoms. The Balaban J connectivity index is 1.24. The van der Waals surface area contributed by atoms with Gasteiger partial charge < -0.3 is 9.47 Å². The molecule has 0 fully saturated rings. The van der Waals surface area contributed by atoms with E-state index in [-0.39, 0.29) is 0 Å². The maximum absolute atomic E-state index is 9.74. The Labute approximate surface area is 318 Å². The summed E-state index contributed by atoms with van der Waals surface area (Å²) in [5.74, 6) is 0. The first kappa shape index (κ1) is 30.9. The van der Waals surface area contributed by atoms with E-state index in [9.17, 15) is 5.26 Å². The molecule has 0 radical (unpaired) electrons. The van der Waals surface area contributed by atoms with E-state index in [2.05, 4.69) is 184 Å². The molecule has 0 saturated carbocycles. The summed E-state index contributed by atoms with van der Waals surface area (Å²) in [4.78, 5) is 6.34. The Kier molecular flexibility index (Phi) is 6.56. The van der Waals surface area contributed by atoms with Crippen LogP contribution in [0.2, 0.25) is 0 Å². The highest BCUT2D eigenvalue weighted by Gasteiger charge is 2.51. The summed E-state index contributed by atoms with van der Waals surface area (Å²) in [6.07, 6.45) is 0. The summed E-state index contributed by atoms with van der Waals surface area (Å²) in [6, 6.07) is 66.8. The molecule has 9 aromatic rings. The molecular weight excluding hydrogens is 669 g/mol. The average Bonchev–Trinajstić information content (AvgIpc) is 3.75. The number of anilines is 3. The van der Waals surface area contributed by atoms with Gasteiger partial charge in [-0.3, -0.25) is 0 Å². The van der Waals surface area contributed by atoms with Gasteiger partial charge in [-0.25, -0.2) is 4.85 Å². The number of hydrogen-bond donors (Lipinski definition) is 0. The predicted octanol–water partition coefficient (Wildman–Crippen LogP) is 13.0. The lowest BCUT2D eigenvalue weighted by atomic mass is 9.64. The normalized spacial score (nSPS) is 13.2. The summed E-state index contributed by atoms with van der Waals surface area (Å²) in [6.45, 7) is 8.17. The van der Waals surface area contributed by atoms with Crippen LogP contribution in [0.25, 0.3) is 54.6 Å². The van der Waals surface area contributed by atoms with E-state index in [4.69, 9.17) is 6.57 Å². The van der Waals surface area contributed by atoms with Crippen molar-refractivity contribution in [3.63, 3.8) is 0 Å². The zero-order chi connectivity index (χ0) is 36.7. The van der Waals surface area contributed by atoms with E-state index in [0.29, 0.717) is 11.3 Å². The van der Waals surface area contributed by atoms with Crippen molar-refractivity contribution in [1.29, 1.82) is 5.26 Å². The van der Waals surface area contributed by atoms with Crippen LogP contribution in [0, 0.1) is 17.9 Å². The molecule has 11 rings (SSSR count). The molecule has 0 N–H and O–H groups in total. The molecule has 2 heterocycles. The smallest absolute Gasteiger partial charge is 0.196 e. The Morgan fingerprint density at radius 3 is 1.58 bits per heavy atom. The lowest BCUT2D eigenvalue weighted by Gasteiger charge is -2.45. The van der Waals surface area contributed by atoms with Crippen molar-refractivity contribution in [3.8, 4) is 34.0 Å². The molecule has 55 heavy (non-hydrogen) atoms. The molecule has 1 aliphatic carbocycles. The highest BCUT2D eigenvalue weighted by Crippen LogP contribution is 2.63. The van der Waals surface area contributed by atoms with Gasteiger partial charge in [-0.15, -0.1) is 0 Å². The monoisotopic (exact) mass is 698 g/mol. The van der Waals surface area contributed by atoms with Gasteiger partial charge in [0.15, 0.2) is 5.69 Å². The number of nitriles is 1. The van der Waals surface area contributed by atoms with Crippen LogP contribution < -0.4 is 4.90 Å². The van der Waals surface area contributed by atoms with E-state index in [1.165, 1.54) is 44.2 Å². The van der Waals surface area contributed by atoms with Crippen molar-refractivity contribution >= 4 is 44.6 Å². The van der Waals surface area contributed by atoms with Crippen molar-refractivity contribution in [2.75, 3.05) is 4.90 Å². The maximum atomic E-state index is 9.74. The van der Waals surface area contributed by atoms with Crippen LogP contribution in [0.1, 0.15) is 27.8 Å². The summed E-state index contributed by atoms with van der Waals surface area (Å²) in [5, 5.41) is 12.1. The van der Waals surface area contributed by atoms with E-state index >= 15 is 0 Å². The van der Waals surface area contributed by atoms with Crippen LogP contribution in [-0.2, 0) is 5.41 Å². The summed E-state index contributed by atoms with van der Waals surface area (Å²) in [7, 11) is 0. The van der Waals surface area contributed by atoms with Gasteiger partial charge in [-0.05, 0) is 99.1 Å². The average molecular weight is 699 g/mol. The third-order valence-corrected chi connectivity index (χ3v) is 11.6. The van der Waals surface area contributed by atoms with Crippen molar-refractivity contribution in [2.24, 2.45) is 0 Å². The number of para-hydroxylation sites is 4. The van der Waals surface area contributed by atoms with Gasteiger partial charge in [0, 0.05) is 27.7 Å². The molecule has 2 aliphatic rings. The number of fused-ring (bicyclic) bond motifs is 12. The SMILES string of the molecule is [C-]#[N+]c1cc(C#N)ccc1-c1cc(N2c3ccccc3C3(c4ccccc4-c4ccccc43)c3ccccc32)cc(-n2c3ccccc3c3ccccc32)c1. The van der Waals surface area contributed by atoms with E-state index in [1.54, 1.807) is 12.1 Å². The molecule has 0 atom stereocenters. The third-order valence-electron chi connectivity index (χ3n) is 11.6. The summed E-state index contributed by atoms with van der Waals surface area (Å²) >= 11 is 0. The zero-order valence-corrected chi connectivity index (χ0v) is 29.6. The zero-order valence-electron chi connectivity index (χ0n) is 29.6. The molecule has 254 valence electrons. The number of hydrogen-bond acceptors (Lipinski definition) is 2. The van der Waals surface area contributed by atoms with Gasteiger partial charge >= 0.3 is 0 Å². The van der Waals surface area contributed by atoms with Crippen LogP contribution in [0.5, 0.6) is 0 Å². The molecule has 4 nitrogen and oxygen atoms in total. The van der Waals surface area contributed by atoms with Crippen LogP contribution >= 0.6 is 0 Å². The molecule has 1 aromatic heterocycles. The van der Waals surface area contributed by atoms with E-state index in [0.717, 1.165) is 44.9 Å². The Bertz CT molecular complexity index is 3000. The molecule has 0 amide bonds. The fraction of sp³-hybridized carbons (Fsp3) is 0.0196. The third kappa shape index (κ3) is 4.20. The minimum Gasteiger partial charge on any atom is -0.310 e. The van der Waals surface area contributed by atoms with Gasteiger partial charge in [0.25, 0.3) is 0 Å². The van der Waals surface area contributed by atoms with Crippen molar-refractivity contribution in [1.82, 2.24) is 4.57 Å². The van der Waals surface area contributed by atoms with E-state index < -0.39 is 5.41 Å². The number of benzene rings is 8. The van der Waals surface area contributed by atoms with Crippen LogP contribution in [0.3, 0.4) is 0 Å². The molecule has 0 unspecified atom stereocenters. The van der Waals surface area contributed by atoms with Crippen LogP contribution in [-0.4, -0.2) is 4.57 Å². The highest BCUT2D eigenvalue weighted by atomic mass is 15.2. The minimum absolute atomic E-state index is 0.446. The quantitative estimate of drug-likeness (QED) is 0.172. The second kappa shape index (κ2) is 11.7. The van der Waals surface area contributed by atoms with E-state index in [1.807, 2.05) is 6.07 Å². The maximum Gasteiger partial charge on any atom is 0.196 e. The standard InChI is InChI=1S/C51H30N4/c1-53-46-28-33(32-52)26-27-37(46)34-29-35(54-47-22-10-4-16-40(47)41-17-5-11-23-48(41)54)31-36(30-34)55-49-24-12-8-20-44(49)51(45-21-9-13-25-50(45)55)42-18-6-2-14-38(42)39-15-3-7-19-43(39)51/h2-31H. The summed E-state index contributed by atoms with van der Waals surface area (Å²) in [5.41, 5.74) is 16.0. The van der Waals surface area contributed by atoms with Gasteiger partial charge in [-0.1, -0.05) is 127 Å². The largest absolute Gasteiger partial charge is 0.310 e. The summed E-state index contributed by atoms with van der Waals surface area (Å²) < 4.78 is 2.34. The fourth-order valence-electron chi connectivity index (χ4n) is 9.49. The van der Waals surface area contributed by atoms with Crippen LogP contribution in [0.15, 0.2) is 182 Å². The first-order valence-electron chi connectivity index (χ1n) is 18.4. The first-order valence-corrected chi connectivity index (χ1v) is 18.4. The van der Waals surface area contributed by atoms with Crippen molar-refractivity contribution in [2.45, 2.75) is 5.41 Å². The molecule has 4 heteroatoms. The van der Waals surface area contributed by atoms with Gasteiger partial charge in [0.05, 0.1) is 40.5 Å². The molecule has 0 saturated heterocycles. The first-order chi connectivity index (χ1) is 27.2. The van der Waals surface area contributed by atoms with Crippen molar-refractivity contribution < 1.29 is 0 Å². The molecule has 1 aliphatic heterocycles. The van der Waals surface area contributed by atoms with Crippen LogP contribution in [0.4, 0.5) is 22.7 Å². The molecular formula is C51H30N4. The molecule has 0 bridgehead atoms. The Hall–Kier alpha value is -7.66. The van der Waals surface area contributed by atoms with Crippen molar-refractivity contribution in [3.05, 3.63) is 221 Å². The Morgan fingerprint density at radius 1 is 0.491 bits per heavy atom. The fourth-order valence-corrected chi connectivity index (χ4v) is 9.49. The van der Waals surface area contributed by atoms with Gasteiger partial charge in [0.1, 0.15) is 0 Å². The van der Waals surface area contributed by atoms with Gasteiger partial charge in [-0.2, -0.15) is 5.26 Å². The lowest BCUT2D eigenvalue weighted by Crippen LogP contribution is -2.36. The van der Waals surface area contributed by atoms with Gasteiger partial charge in [0.2, 0.25) is 0 Å². The minimum atomic E-state index is -0.519. The number of aromatic nitrogens is 1. The topological polar surface area (TPSA) is 36.3 Å². The lowest BCUT2D eigenvalue weighted by molar-refractivity contribution is 0.752. The predicted molar refractivity (Wildman–Crippen MR) is 223 cm³/mol. The second-order valence-electron chi connectivity index (χ2n) is 14.3. The Morgan fingerprint density at radius 2 is 1.00 bits per heavy atom. The highest BCUT2D eigenvalue weighted by molar-refractivity contribution is 6.09. The number of nitrogens with zero attached hydrogens (tertiary/aromatic N) is 4.